The van der Waals surface area contributed by atoms with Crippen molar-refractivity contribution in [1.82, 2.24) is 4.98 Å². The summed E-state index contributed by atoms with van der Waals surface area (Å²) in [4.78, 5) is 7.30. The van der Waals surface area contributed by atoms with E-state index >= 15 is 0 Å². The van der Waals surface area contributed by atoms with E-state index in [9.17, 15) is 0 Å². The predicted octanol–water partition coefficient (Wildman–Crippen LogP) is 5.50. The van der Waals surface area contributed by atoms with Gasteiger partial charge < -0.3 is 9.64 Å². The molecule has 1 aliphatic rings. The van der Waals surface area contributed by atoms with E-state index in [0.29, 0.717) is 6.61 Å². The fraction of sp³-hybridized carbons (Fsp3) is 0.348. The van der Waals surface area contributed by atoms with Crippen LogP contribution >= 0.6 is 0 Å². The van der Waals surface area contributed by atoms with E-state index in [1.54, 1.807) is 0 Å². The minimum atomic E-state index is 0.581. The molecule has 0 spiro atoms. The van der Waals surface area contributed by atoms with Crippen molar-refractivity contribution in [3.63, 3.8) is 0 Å². The number of anilines is 1. The Balaban J connectivity index is 1.61. The summed E-state index contributed by atoms with van der Waals surface area (Å²) in [6, 6.07) is 18.8. The largest absolute Gasteiger partial charge is 0.489 e. The summed E-state index contributed by atoms with van der Waals surface area (Å²) in [5.74, 6) is 0.876. The van der Waals surface area contributed by atoms with Gasteiger partial charge in [-0.2, -0.15) is 0 Å². The molecule has 3 aromatic rings. The van der Waals surface area contributed by atoms with Crippen molar-refractivity contribution in [3.8, 4) is 5.75 Å². The molecule has 1 saturated heterocycles. The highest BCUT2D eigenvalue weighted by molar-refractivity contribution is 5.92. The van der Waals surface area contributed by atoms with Gasteiger partial charge in [-0.3, -0.25) is 4.98 Å². The number of pyridine rings is 1. The van der Waals surface area contributed by atoms with Crippen LogP contribution in [0.1, 0.15) is 36.9 Å². The maximum absolute atomic E-state index is 5.99. The monoisotopic (exact) mass is 346 g/mol. The first-order chi connectivity index (χ1) is 12.8. The number of aromatic nitrogens is 1. The third-order valence-corrected chi connectivity index (χ3v) is 5.08. The van der Waals surface area contributed by atoms with Crippen LogP contribution in [0.5, 0.6) is 5.75 Å². The van der Waals surface area contributed by atoms with E-state index < -0.39 is 0 Å². The molecular weight excluding hydrogens is 320 g/mol. The molecule has 0 aliphatic carbocycles. The standard InChI is InChI=1S/C23H26N2O/c1-18-15-23(25-13-7-2-3-8-14-25)21-12-11-20(16-22(21)24-18)26-17-19-9-5-4-6-10-19/h4-6,9-12,15-16H,2-3,7-8,13-14,17H2,1H3. The minimum Gasteiger partial charge on any atom is -0.489 e. The van der Waals surface area contributed by atoms with Crippen molar-refractivity contribution >= 4 is 16.6 Å². The van der Waals surface area contributed by atoms with Gasteiger partial charge in [-0.05, 0) is 43.5 Å². The zero-order valence-electron chi connectivity index (χ0n) is 15.4. The van der Waals surface area contributed by atoms with Gasteiger partial charge in [0.15, 0.2) is 0 Å². The van der Waals surface area contributed by atoms with E-state index in [2.05, 4.69) is 48.2 Å². The van der Waals surface area contributed by atoms with E-state index in [0.717, 1.165) is 30.0 Å². The van der Waals surface area contributed by atoms with Gasteiger partial charge in [0.25, 0.3) is 0 Å². The number of benzene rings is 2. The highest BCUT2D eigenvalue weighted by Crippen LogP contribution is 2.31. The second-order valence-corrected chi connectivity index (χ2v) is 7.14. The molecule has 1 aliphatic heterocycles. The topological polar surface area (TPSA) is 25.4 Å². The number of aryl methyl sites for hydroxylation is 1. The second-order valence-electron chi connectivity index (χ2n) is 7.14. The third-order valence-electron chi connectivity index (χ3n) is 5.08. The van der Waals surface area contributed by atoms with Gasteiger partial charge in [-0.25, -0.2) is 0 Å². The molecule has 4 rings (SSSR count). The maximum atomic E-state index is 5.99. The molecule has 0 amide bonds. The fourth-order valence-electron chi connectivity index (χ4n) is 3.72. The van der Waals surface area contributed by atoms with Gasteiger partial charge in [0.1, 0.15) is 12.4 Å². The molecule has 26 heavy (non-hydrogen) atoms. The van der Waals surface area contributed by atoms with E-state index in [1.165, 1.54) is 42.3 Å². The van der Waals surface area contributed by atoms with Crippen LogP contribution in [0, 0.1) is 6.92 Å². The van der Waals surface area contributed by atoms with Crippen LogP contribution in [-0.2, 0) is 6.61 Å². The highest BCUT2D eigenvalue weighted by Gasteiger charge is 2.14. The Morgan fingerprint density at radius 1 is 0.923 bits per heavy atom. The van der Waals surface area contributed by atoms with Crippen molar-refractivity contribution in [2.45, 2.75) is 39.2 Å². The van der Waals surface area contributed by atoms with Crippen molar-refractivity contribution in [1.29, 1.82) is 0 Å². The number of hydrogen-bond acceptors (Lipinski definition) is 3. The first kappa shape index (κ1) is 16.9. The lowest BCUT2D eigenvalue weighted by molar-refractivity contribution is 0.306. The van der Waals surface area contributed by atoms with Gasteiger partial charge >= 0.3 is 0 Å². The molecular formula is C23H26N2O. The number of hydrogen-bond donors (Lipinski definition) is 0. The quantitative estimate of drug-likeness (QED) is 0.623. The summed E-state index contributed by atoms with van der Waals surface area (Å²) in [5.41, 5.74) is 4.59. The molecule has 3 nitrogen and oxygen atoms in total. The average Bonchev–Trinajstić information content (AvgIpc) is 2.95. The summed E-state index contributed by atoms with van der Waals surface area (Å²) >= 11 is 0. The predicted molar refractivity (Wildman–Crippen MR) is 108 cm³/mol. The van der Waals surface area contributed by atoms with Crippen LogP contribution in [-0.4, -0.2) is 18.1 Å². The normalized spacial score (nSPS) is 15.0. The van der Waals surface area contributed by atoms with Crippen LogP contribution in [0.25, 0.3) is 10.9 Å². The molecule has 0 saturated carbocycles. The maximum Gasteiger partial charge on any atom is 0.122 e. The SMILES string of the molecule is Cc1cc(N2CCCCCC2)c2ccc(OCc3ccccc3)cc2n1. The first-order valence-corrected chi connectivity index (χ1v) is 9.63. The van der Waals surface area contributed by atoms with E-state index in [1.807, 2.05) is 18.2 Å². The molecule has 134 valence electrons. The van der Waals surface area contributed by atoms with E-state index in [-0.39, 0.29) is 0 Å². The van der Waals surface area contributed by atoms with Gasteiger partial charge in [0.05, 0.1) is 5.52 Å². The Kier molecular flexibility index (Phi) is 5.05. The zero-order valence-corrected chi connectivity index (χ0v) is 15.4. The summed E-state index contributed by atoms with van der Waals surface area (Å²) in [6.07, 6.45) is 5.24. The number of ether oxygens (including phenoxy) is 1. The summed E-state index contributed by atoms with van der Waals surface area (Å²) in [6.45, 7) is 4.95. The smallest absolute Gasteiger partial charge is 0.122 e. The van der Waals surface area contributed by atoms with Crippen molar-refractivity contribution < 1.29 is 4.74 Å². The van der Waals surface area contributed by atoms with Crippen LogP contribution in [0.4, 0.5) is 5.69 Å². The lowest BCUT2D eigenvalue weighted by atomic mass is 10.1. The molecule has 0 bridgehead atoms. The lowest BCUT2D eigenvalue weighted by Gasteiger charge is -2.24. The van der Waals surface area contributed by atoms with Gasteiger partial charge in [-0.1, -0.05) is 43.2 Å². The molecule has 0 N–H and O–H groups in total. The Hall–Kier alpha value is -2.55. The van der Waals surface area contributed by atoms with E-state index in [4.69, 9.17) is 9.72 Å². The molecule has 1 fully saturated rings. The number of nitrogens with zero attached hydrogens (tertiary/aromatic N) is 2. The van der Waals surface area contributed by atoms with Crippen molar-refractivity contribution in [2.24, 2.45) is 0 Å². The molecule has 0 atom stereocenters. The van der Waals surface area contributed by atoms with Crippen molar-refractivity contribution in [2.75, 3.05) is 18.0 Å². The van der Waals surface area contributed by atoms with Crippen molar-refractivity contribution in [3.05, 3.63) is 65.9 Å². The highest BCUT2D eigenvalue weighted by atomic mass is 16.5. The van der Waals surface area contributed by atoms with Crippen LogP contribution in [0.15, 0.2) is 54.6 Å². The zero-order chi connectivity index (χ0) is 17.8. The molecule has 2 heterocycles. The second kappa shape index (κ2) is 7.77. The molecule has 0 unspecified atom stereocenters. The van der Waals surface area contributed by atoms with Crippen LogP contribution in [0.3, 0.4) is 0 Å². The van der Waals surface area contributed by atoms with Gasteiger partial charge in [0, 0.05) is 35.9 Å². The number of rotatable bonds is 4. The summed E-state index contributed by atoms with van der Waals surface area (Å²) in [5, 5.41) is 1.23. The summed E-state index contributed by atoms with van der Waals surface area (Å²) in [7, 11) is 0. The van der Waals surface area contributed by atoms with Gasteiger partial charge in [-0.15, -0.1) is 0 Å². The number of fused-ring (bicyclic) bond motifs is 1. The summed E-state index contributed by atoms with van der Waals surface area (Å²) < 4.78 is 5.99. The van der Waals surface area contributed by atoms with Crippen LogP contribution in [0.2, 0.25) is 0 Å². The van der Waals surface area contributed by atoms with Crippen LogP contribution < -0.4 is 9.64 Å². The Morgan fingerprint density at radius 3 is 2.46 bits per heavy atom. The minimum absolute atomic E-state index is 0.581. The molecule has 1 aromatic heterocycles. The average molecular weight is 346 g/mol. The Morgan fingerprint density at radius 2 is 1.69 bits per heavy atom. The van der Waals surface area contributed by atoms with Gasteiger partial charge in [0.2, 0.25) is 0 Å². The first-order valence-electron chi connectivity index (χ1n) is 9.63. The molecule has 3 heteroatoms. The third kappa shape index (κ3) is 3.82. The Labute approximate surface area is 155 Å². The lowest BCUT2D eigenvalue weighted by Crippen LogP contribution is -2.24. The molecule has 0 radical (unpaired) electrons. The fourth-order valence-corrected chi connectivity index (χ4v) is 3.72. The Bertz CT molecular complexity index is 868. The molecule has 2 aromatic carbocycles.